The maximum atomic E-state index is 7.13. The largest absolute Gasteiger partial charge is 0.696 e. The number of hydrogen-bond donors (Lipinski definition) is 0. The Morgan fingerprint density at radius 1 is 0.655 bits per heavy atom. The van der Waals surface area contributed by atoms with Crippen LogP contribution in [-0.2, 0) is 19.2 Å². The number of benzene rings is 3. The molecular formula is C26H22N2S. The second-order valence-electron chi connectivity index (χ2n) is 6.45. The average Bonchev–Trinajstić information content (AvgIpc) is 2.80. The molecule has 29 heavy (non-hydrogen) atoms. The van der Waals surface area contributed by atoms with E-state index in [9.17, 15) is 0 Å². The quantitative estimate of drug-likeness (QED) is 0.241. The highest BCUT2D eigenvalue weighted by Gasteiger charge is 2.20. The van der Waals surface area contributed by atoms with E-state index in [1.54, 1.807) is 0 Å². The minimum atomic E-state index is 0.920. The molecule has 0 aliphatic rings. The van der Waals surface area contributed by atoms with Crippen LogP contribution in [0.3, 0.4) is 0 Å². The van der Waals surface area contributed by atoms with E-state index in [1.165, 1.54) is 39.0 Å². The number of aromatic nitrogens is 1. The highest BCUT2D eigenvalue weighted by molar-refractivity contribution is 7.64. The third-order valence-electron chi connectivity index (χ3n) is 4.73. The Morgan fingerprint density at radius 2 is 1.00 bits per heavy atom. The predicted molar refractivity (Wildman–Crippen MR) is 122 cm³/mol. The van der Waals surface area contributed by atoms with Gasteiger partial charge in [-0.3, -0.25) is 0 Å². The lowest BCUT2D eigenvalue weighted by Crippen LogP contribution is -2.37. The molecular weight excluding hydrogens is 372 g/mol. The second kappa shape index (κ2) is 10.2. The first kappa shape index (κ1) is 20.3. The van der Waals surface area contributed by atoms with E-state index in [2.05, 4.69) is 127 Å². The lowest BCUT2D eigenvalue weighted by Gasteiger charge is -2.11. The predicted octanol–water partition coefficient (Wildman–Crippen LogP) is 6.01. The summed E-state index contributed by atoms with van der Waals surface area (Å²) in [4.78, 5) is 0. The van der Waals surface area contributed by atoms with Gasteiger partial charge in [-0.25, -0.2) is 5.26 Å². The summed E-state index contributed by atoms with van der Waals surface area (Å²) in [6, 6.07) is 36.5. The van der Waals surface area contributed by atoms with Gasteiger partial charge < -0.3 is 12.6 Å². The Balaban J connectivity index is 0.000000755. The van der Waals surface area contributed by atoms with Gasteiger partial charge in [-0.2, -0.15) is 4.57 Å². The van der Waals surface area contributed by atoms with Crippen LogP contribution < -0.4 is 4.57 Å². The van der Waals surface area contributed by atoms with Crippen LogP contribution in [0, 0.1) is 10.7 Å². The zero-order valence-corrected chi connectivity index (χ0v) is 17.1. The fourth-order valence-corrected chi connectivity index (χ4v) is 3.46. The third kappa shape index (κ3) is 4.87. The molecule has 0 fully saturated rings. The molecule has 0 N–H and O–H groups in total. The van der Waals surface area contributed by atoms with E-state index in [-0.39, 0.29) is 0 Å². The molecule has 0 unspecified atom stereocenters. The first-order valence-corrected chi connectivity index (χ1v) is 9.94. The van der Waals surface area contributed by atoms with Crippen molar-refractivity contribution in [3.8, 4) is 39.0 Å². The van der Waals surface area contributed by atoms with Crippen molar-refractivity contribution in [3.63, 3.8) is 0 Å². The molecule has 0 spiro atoms. The summed E-state index contributed by atoms with van der Waals surface area (Å²) in [6.07, 6.45) is 0. The molecule has 1 aromatic heterocycles. The molecule has 1 heterocycles. The zero-order chi connectivity index (χ0) is 20.5. The summed E-state index contributed by atoms with van der Waals surface area (Å²) in [5.74, 6) is 0. The van der Waals surface area contributed by atoms with E-state index in [0.717, 1.165) is 6.54 Å². The molecule has 0 aliphatic heterocycles. The third-order valence-corrected chi connectivity index (χ3v) is 4.73. The van der Waals surface area contributed by atoms with Crippen LogP contribution in [-0.4, -0.2) is 0 Å². The number of nitriles is 1. The minimum absolute atomic E-state index is 0.920. The van der Waals surface area contributed by atoms with Crippen LogP contribution in [0.15, 0.2) is 103 Å². The van der Waals surface area contributed by atoms with Crippen LogP contribution in [0.4, 0.5) is 0 Å². The van der Waals surface area contributed by atoms with Crippen molar-refractivity contribution in [1.82, 2.24) is 0 Å². The molecule has 0 atom stereocenters. The lowest BCUT2D eigenvalue weighted by molar-refractivity contribution is -0.671. The van der Waals surface area contributed by atoms with Crippen molar-refractivity contribution in [3.05, 3.63) is 103 Å². The van der Waals surface area contributed by atoms with Gasteiger partial charge in [-0.05, 0) is 42.3 Å². The molecule has 4 rings (SSSR count). The monoisotopic (exact) mass is 394 g/mol. The van der Waals surface area contributed by atoms with E-state index in [4.69, 9.17) is 5.26 Å². The summed E-state index contributed by atoms with van der Waals surface area (Å²) in [5.41, 5.74) is 7.45. The van der Waals surface area contributed by atoms with E-state index in [0.29, 0.717) is 0 Å². The van der Waals surface area contributed by atoms with E-state index >= 15 is 0 Å². The first-order chi connectivity index (χ1) is 14.3. The topological polar surface area (TPSA) is 27.7 Å². The molecule has 0 radical (unpaired) electrons. The number of hydrogen-bond acceptors (Lipinski definition) is 2. The van der Waals surface area contributed by atoms with Crippen molar-refractivity contribution in [1.29, 1.82) is 5.26 Å². The van der Waals surface area contributed by atoms with E-state index in [1.807, 2.05) is 0 Å². The second-order valence-corrected chi connectivity index (χ2v) is 6.63. The first-order valence-electron chi connectivity index (χ1n) is 9.54. The molecule has 0 amide bonds. The van der Waals surface area contributed by atoms with Gasteiger partial charge in [0.15, 0.2) is 0 Å². The Labute approximate surface area is 178 Å². The Bertz CT molecular complexity index is 1030. The SMILES string of the molecule is CC[n+]1c(-c2ccccc2)cc(-c2ccccc2)cc1-c1ccccc1.N#C[S-]. The molecule has 0 bridgehead atoms. The summed E-state index contributed by atoms with van der Waals surface area (Å²) in [5, 5.41) is 8.47. The number of thiocyanates is 1. The summed E-state index contributed by atoms with van der Waals surface area (Å²) >= 11 is 3.70. The molecule has 3 aromatic carbocycles. The molecule has 0 saturated carbocycles. The van der Waals surface area contributed by atoms with Gasteiger partial charge in [0.05, 0.1) is 0 Å². The smallest absolute Gasteiger partial charge is 0.213 e. The van der Waals surface area contributed by atoms with Gasteiger partial charge in [0.25, 0.3) is 0 Å². The maximum absolute atomic E-state index is 7.13. The fourth-order valence-electron chi connectivity index (χ4n) is 3.46. The average molecular weight is 395 g/mol. The molecule has 4 aromatic rings. The number of rotatable bonds is 4. The van der Waals surface area contributed by atoms with Gasteiger partial charge in [-0.15, -0.1) is 0 Å². The molecule has 142 valence electrons. The normalized spacial score (nSPS) is 9.79. The summed E-state index contributed by atoms with van der Waals surface area (Å²) < 4.78 is 2.40. The molecule has 3 heteroatoms. The van der Waals surface area contributed by atoms with Crippen LogP contribution in [0.2, 0.25) is 0 Å². The summed E-state index contributed by atoms with van der Waals surface area (Å²) in [7, 11) is 0. The minimum Gasteiger partial charge on any atom is -0.696 e. The lowest BCUT2D eigenvalue weighted by atomic mass is 9.99. The van der Waals surface area contributed by atoms with Gasteiger partial charge in [0, 0.05) is 23.3 Å². The van der Waals surface area contributed by atoms with E-state index < -0.39 is 0 Å². The van der Waals surface area contributed by atoms with Gasteiger partial charge in [0.1, 0.15) is 6.54 Å². The highest BCUT2D eigenvalue weighted by atomic mass is 32.1. The van der Waals surface area contributed by atoms with Gasteiger partial charge in [0.2, 0.25) is 11.4 Å². The van der Waals surface area contributed by atoms with Crippen molar-refractivity contribution in [2.45, 2.75) is 13.5 Å². The maximum Gasteiger partial charge on any atom is 0.213 e. The van der Waals surface area contributed by atoms with Crippen LogP contribution >= 0.6 is 0 Å². The Kier molecular flexibility index (Phi) is 7.10. The van der Waals surface area contributed by atoms with Crippen molar-refractivity contribution in [2.24, 2.45) is 0 Å². The van der Waals surface area contributed by atoms with Crippen molar-refractivity contribution < 1.29 is 4.57 Å². The van der Waals surface area contributed by atoms with Gasteiger partial charge >= 0.3 is 0 Å². The number of nitrogens with zero attached hydrogens (tertiary/aromatic N) is 2. The molecule has 0 saturated heterocycles. The Morgan fingerprint density at radius 3 is 1.34 bits per heavy atom. The van der Waals surface area contributed by atoms with Crippen LogP contribution in [0.25, 0.3) is 33.6 Å². The highest BCUT2D eigenvalue weighted by Crippen LogP contribution is 2.28. The van der Waals surface area contributed by atoms with Gasteiger partial charge in [-0.1, -0.05) is 72.1 Å². The van der Waals surface area contributed by atoms with Crippen LogP contribution in [0.5, 0.6) is 0 Å². The Hall–Kier alpha value is -3.48. The number of pyridine rings is 1. The van der Waals surface area contributed by atoms with Crippen LogP contribution in [0.1, 0.15) is 6.92 Å². The summed E-state index contributed by atoms with van der Waals surface area (Å²) in [6.45, 7) is 3.13. The molecule has 2 nitrogen and oxygen atoms in total. The standard InChI is InChI=1S/C25H22N.CHNS/c1-2-26-24(21-14-8-4-9-15-21)18-23(20-12-6-3-7-13-20)19-25(26)22-16-10-5-11-17-22;2-1-3/h3-19H,2H2,1H3;3H/q+1;/p-1. The zero-order valence-electron chi connectivity index (χ0n) is 16.3. The van der Waals surface area contributed by atoms with Crippen molar-refractivity contribution in [2.75, 3.05) is 0 Å². The fraction of sp³-hybridized carbons (Fsp3) is 0.0769. The van der Waals surface area contributed by atoms with Crippen molar-refractivity contribution >= 4 is 12.6 Å². The molecule has 0 aliphatic carbocycles.